The van der Waals surface area contributed by atoms with Gasteiger partial charge in [0.15, 0.2) is 0 Å². The van der Waals surface area contributed by atoms with E-state index in [1.807, 2.05) is 0 Å². The topological polar surface area (TPSA) is 6.48 Å². The summed E-state index contributed by atoms with van der Waals surface area (Å²) in [5, 5.41) is 7.35. The van der Waals surface area contributed by atoms with Gasteiger partial charge in [0, 0.05) is 27.6 Å². The van der Waals surface area contributed by atoms with Gasteiger partial charge in [-0.15, -0.1) is 0 Å². The molecular formula is C75H58N2. The molecule has 15 rings (SSSR count). The minimum atomic E-state index is -0.239. The van der Waals surface area contributed by atoms with E-state index >= 15 is 0 Å². The smallest absolute Gasteiger partial charge is 0.0502 e. The lowest BCUT2D eigenvalue weighted by Gasteiger charge is -2.42. The maximum Gasteiger partial charge on any atom is 0.0502 e. The van der Waals surface area contributed by atoms with E-state index < -0.39 is 0 Å². The standard InChI is InChI=1S/C75H58N2/c1-73(2)61-24-12-16-28-67(61)76(68-29-17-13-25-62(68)73)53-37-41-58-59(45-53)71(51-33-32-48-22-10-11-23-49(48)42-51)57-40-36-54(77-69-30-18-14-26-63(69)74(3,4)64-27-15-19-31-70(64)77)46-60(57)72(58)52-35-39-56-55-38-34-50(47-20-8-7-9-21-47)43-65(55)75(5,6)66(56)44-52/h7-46H,1-6H3. The molecule has 0 radical (unpaired) electrons. The molecule has 0 N–H and O–H groups in total. The first-order valence-electron chi connectivity index (χ1n) is 27.3. The zero-order chi connectivity index (χ0) is 52.0. The number of anilines is 6. The van der Waals surface area contributed by atoms with E-state index in [4.69, 9.17) is 0 Å². The highest BCUT2D eigenvalue weighted by Crippen LogP contribution is 2.57. The first-order valence-corrected chi connectivity index (χ1v) is 27.3. The lowest BCUT2D eigenvalue weighted by Crippen LogP contribution is -2.30. The van der Waals surface area contributed by atoms with Crippen LogP contribution in [0.15, 0.2) is 243 Å². The first-order chi connectivity index (χ1) is 37.5. The Hall–Kier alpha value is -8.98. The van der Waals surface area contributed by atoms with Crippen LogP contribution in [0, 0.1) is 0 Å². The van der Waals surface area contributed by atoms with Gasteiger partial charge in [0.1, 0.15) is 0 Å². The minimum Gasteiger partial charge on any atom is -0.310 e. The van der Waals surface area contributed by atoms with E-state index in [2.05, 4.69) is 294 Å². The van der Waals surface area contributed by atoms with Crippen LogP contribution in [0.25, 0.3) is 76.8 Å². The van der Waals surface area contributed by atoms with Crippen LogP contribution < -0.4 is 9.80 Å². The molecule has 0 fully saturated rings. The highest BCUT2D eigenvalue weighted by Gasteiger charge is 2.40. The summed E-state index contributed by atoms with van der Waals surface area (Å²) in [7, 11) is 0. The van der Waals surface area contributed by atoms with E-state index in [-0.39, 0.29) is 16.2 Å². The quantitative estimate of drug-likeness (QED) is 0.159. The molecule has 0 aromatic heterocycles. The molecule has 0 atom stereocenters. The van der Waals surface area contributed by atoms with Crippen molar-refractivity contribution in [3.8, 4) is 44.5 Å². The highest BCUT2D eigenvalue weighted by molar-refractivity contribution is 6.23. The molecule has 0 spiro atoms. The Morgan fingerprint density at radius 3 is 1.12 bits per heavy atom. The van der Waals surface area contributed by atoms with Gasteiger partial charge in [0.05, 0.1) is 22.7 Å². The van der Waals surface area contributed by atoms with Crippen LogP contribution in [0.2, 0.25) is 0 Å². The van der Waals surface area contributed by atoms with Gasteiger partial charge in [-0.1, -0.05) is 217 Å². The van der Waals surface area contributed by atoms with Crippen LogP contribution in [0.5, 0.6) is 0 Å². The molecule has 77 heavy (non-hydrogen) atoms. The molecule has 0 unspecified atom stereocenters. The minimum absolute atomic E-state index is 0.173. The summed E-state index contributed by atoms with van der Waals surface area (Å²) in [4.78, 5) is 5.03. The number of nitrogens with zero attached hydrogens (tertiary/aromatic N) is 2. The summed E-state index contributed by atoms with van der Waals surface area (Å²) in [5.74, 6) is 0. The zero-order valence-electron chi connectivity index (χ0n) is 44.5. The van der Waals surface area contributed by atoms with Gasteiger partial charge in [-0.2, -0.15) is 0 Å². The average molecular weight is 987 g/mol. The fourth-order valence-electron chi connectivity index (χ4n) is 14.0. The van der Waals surface area contributed by atoms with Crippen molar-refractivity contribution in [1.82, 2.24) is 0 Å². The number of hydrogen-bond acceptors (Lipinski definition) is 2. The van der Waals surface area contributed by atoms with Crippen LogP contribution in [0.4, 0.5) is 34.1 Å². The monoisotopic (exact) mass is 986 g/mol. The number of rotatable bonds is 5. The summed E-state index contributed by atoms with van der Waals surface area (Å²) in [5.41, 5.74) is 24.6. The lowest BCUT2D eigenvalue weighted by atomic mass is 9.73. The average Bonchev–Trinajstić information content (AvgIpc) is 3.88. The van der Waals surface area contributed by atoms with Gasteiger partial charge in [-0.05, 0) is 177 Å². The molecule has 2 heteroatoms. The maximum atomic E-state index is 2.54. The van der Waals surface area contributed by atoms with Crippen molar-refractivity contribution in [2.24, 2.45) is 0 Å². The summed E-state index contributed by atoms with van der Waals surface area (Å²) < 4.78 is 0. The van der Waals surface area contributed by atoms with Crippen LogP contribution in [-0.4, -0.2) is 0 Å². The second kappa shape index (κ2) is 16.5. The zero-order valence-corrected chi connectivity index (χ0v) is 44.5. The predicted octanol–water partition coefficient (Wildman–Crippen LogP) is 20.7. The molecule has 0 amide bonds. The Labute approximate surface area is 452 Å². The van der Waals surface area contributed by atoms with E-state index in [9.17, 15) is 0 Å². The largest absolute Gasteiger partial charge is 0.310 e. The van der Waals surface area contributed by atoms with Crippen LogP contribution in [-0.2, 0) is 16.2 Å². The highest BCUT2D eigenvalue weighted by atomic mass is 15.2. The second-order valence-electron chi connectivity index (χ2n) is 23.3. The van der Waals surface area contributed by atoms with Gasteiger partial charge in [-0.3, -0.25) is 0 Å². The van der Waals surface area contributed by atoms with Gasteiger partial charge >= 0.3 is 0 Å². The molecule has 2 aliphatic heterocycles. The lowest BCUT2D eigenvalue weighted by molar-refractivity contribution is 0.632. The number of benzene rings is 12. The van der Waals surface area contributed by atoms with Crippen molar-refractivity contribution >= 4 is 66.4 Å². The fourth-order valence-corrected chi connectivity index (χ4v) is 14.0. The molecule has 3 aliphatic rings. The molecule has 0 saturated heterocycles. The van der Waals surface area contributed by atoms with Crippen LogP contribution >= 0.6 is 0 Å². The molecule has 2 nitrogen and oxygen atoms in total. The summed E-state index contributed by atoms with van der Waals surface area (Å²) >= 11 is 0. The van der Waals surface area contributed by atoms with Crippen molar-refractivity contribution in [3.05, 3.63) is 276 Å². The predicted molar refractivity (Wildman–Crippen MR) is 326 cm³/mol. The molecule has 1 aliphatic carbocycles. The van der Waals surface area contributed by atoms with E-state index in [0.717, 1.165) is 11.4 Å². The molecule has 0 saturated carbocycles. The molecule has 368 valence electrons. The normalized spacial score (nSPS) is 15.1. The van der Waals surface area contributed by atoms with Crippen molar-refractivity contribution in [3.63, 3.8) is 0 Å². The number of para-hydroxylation sites is 4. The Kier molecular flexibility index (Phi) is 9.74. The van der Waals surface area contributed by atoms with Gasteiger partial charge in [0.2, 0.25) is 0 Å². The molecule has 2 heterocycles. The third-order valence-electron chi connectivity index (χ3n) is 18.0. The number of hydrogen-bond donors (Lipinski definition) is 0. The van der Waals surface area contributed by atoms with Crippen LogP contribution in [0.1, 0.15) is 74.9 Å². The summed E-state index contributed by atoms with van der Waals surface area (Å²) in [6.07, 6.45) is 0. The Morgan fingerprint density at radius 2 is 0.623 bits per heavy atom. The Balaban J connectivity index is 1.04. The van der Waals surface area contributed by atoms with Crippen molar-refractivity contribution in [2.45, 2.75) is 57.8 Å². The third-order valence-corrected chi connectivity index (χ3v) is 18.0. The maximum absolute atomic E-state index is 2.54. The summed E-state index contributed by atoms with van der Waals surface area (Å²) in [6, 6.07) is 91.8. The second-order valence-corrected chi connectivity index (χ2v) is 23.3. The van der Waals surface area contributed by atoms with Gasteiger partial charge < -0.3 is 9.80 Å². The van der Waals surface area contributed by atoms with Crippen LogP contribution in [0.3, 0.4) is 0 Å². The Morgan fingerprint density at radius 1 is 0.247 bits per heavy atom. The van der Waals surface area contributed by atoms with Crippen molar-refractivity contribution in [2.75, 3.05) is 9.80 Å². The molecule has 12 aromatic rings. The SMILES string of the molecule is CC1(C)c2cc(-c3ccccc3)ccc2-c2ccc(-c3c4ccc(N5c6ccccc6C(C)(C)c6ccccc65)cc4c(-c4ccc5ccccc5c4)c4ccc(N5c6ccccc6C(C)(C)c6ccccc65)cc34)cc21. The van der Waals surface area contributed by atoms with Gasteiger partial charge in [-0.25, -0.2) is 0 Å². The van der Waals surface area contributed by atoms with Crippen molar-refractivity contribution < 1.29 is 0 Å². The van der Waals surface area contributed by atoms with E-state index in [1.54, 1.807) is 0 Å². The van der Waals surface area contributed by atoms with Gasteiger partial charge in [0.25, 0.3) is 0 Å². The molecular weight excluding hydrogens is 929 g/mol. The fraction of sp³-hybridized carbons (Fsp3) is 0.120. The molecule has 0 bridgehead atoms. The van der Waals surface area contributed by atoms with E-state index in [1.165, 1.54) is 133 Å². The summed E-state index contributed by atoms with van der Waals surface area (Å²) in [6.45, 7) is 14.3. The number of fused-ring (bicyclic) bond motifs is 10. The van der Waals surface area contributed by atoms with Crippen molar-refractivity contribution in [1.29, 1.82) is 0 Å². The molecule has 12 aromatic carbocycles. The third kappa shape index (κ3) is 6.61. The Bertz CT molecular complexity index is 4340. The first kappa shape index (κ1) is 45.4. The van der Waals surface area contributed by atoms with E-state index in [0.29, 0.717) is 0 Å².